The molecule has 1 aliphatic heterocycles. The van der Waals surface area contributed by atoms with Gasteiger partial charge in [0, 0.05) is 32.1 Å². The Kier molecular flexibility index (Phi) is 5.25. The summed E-state index contributed by atoms with van der Waals surface area (Å²) in [5, 5.41) is 2.83. The maximum absolute atomic E-state index is 12.4. The van der Waals surface area contributed by atoms with Gasteiger partial charge in [-0.05, 0) is 19.2 Å². The average Bonchev–Trinajstić information content (AvgIpc) is 3.03. The minimum Gasteiger partial charge on any atom is -0.367 e. The van der Waals surface area contributed by atoms with Gasteiger partial charge in [0.25, 0.3) is 0 Å². The predicted octanol–water partition coefficient (Wildman–Crippen LogP) is 2.01. The summed E-state index contributed by atoms with van der Waals surface area (Å²) >= 11 is 0. The minimum atomic E-state index is -0.198. The van der Waals surface area contributed by atoms with Crippen LogP contribution in [0.25, 0.3) is 11.0 Å². The Morgan fingerprint density at radius 1 is 1.28 bits per heavy atom. The van der Waals surface area contributed by atoms with E-state index in [-0.39, 0.29) is 6.03 Å². The summed E-state index contributed by atoms with van der Waals surface area (Å²) in [7, 11) is 2.14. The molecule has 132 valence electrons. The van der Waals surface area contributed by atoms with Crippen LogP contribution in [0.3, 0.4) is 0 Å². The molecule has 25 heavy (non-hydrogen) atoms. The summed E-state index contributed by atoms with van der Waals surface area (Å²) in [5.74, 6) is 6.31. The highest BCUT2D eigenvalue weighted by Crippen LogP contribution is 2.26. The summed E-state index contributed by atoms with van der Waals surface area (Å²) in [6.07, 6.45) is 1.59. The van der Waals surface area contributed by atoms with E-state index in [0.717, 1.165) is 42.9 Å². The summed E-state index contributed by atoms with van der Waals surface area (Å²) in [6, 6.07) is 5.80. The third kappa shape index (κ3) is 3.94. The molecule has 0 bridgehead atoms. The molecule has 1 fully saturated rings. The van der Waals surface area contributed by atoms with Gasteiger partial charge in [-0.15, -0.1) is 0 Å². The van der Waals surface area contributed by atoms with Crippen LogP contribution in [0.4, 0.5) is 10.5 Å². The second-order valence-corrected chi connectivity index (χ2v) is 6.68. The Morgan fingerprint density at radius 3 is 2.76 bits per heavy atom. The number of nitrogens with zero attached hydrogens (tertiary/aromatic N) is 4. The normalized spacial score (nSPS) is 15.3. The molecule has 2 heterocycles. The zero-order valence-electron chi connectivity index (χ0n) is 15.1. The van der Waals surface area contributed by atoms with Crippen LogP contribution in [0.15, 0.2) is 24.5 Å². The average molecular weight is 339 g/mol. The van der Waals surface area contributed by atoms with Crippen LogP contribution in [-0.4, -0.2) is 60.3 Å². The second-order valence-electron chi connectivity index (χ2n) is 6.68. The summed E-state index contributed by atoms with van der Waals surface area (Å²) in [6.45, 7) is 8.40. The topological polar surface area (TPSA) is 53.4 Å². The Morgan fingerprint density at radius 2 is 2.04 bits per heavy atom. The second kappa shape index (κ2) is 7.58. The first-order valence-corrected chi connectivity index (χ1v) is 8.72. The maximum atomic E-state index is 12.4. The van der Waals surface area contributed by atoms with E-state index < -0.39 is 0 Å². The van der Waals surface area contributed by atoms with Gasteiger partial charge in [0.1, 0.15) is 11.8 Å². The molecule has 0 saturated carbocycles. The minimum absolute atomic E-state index is 0.198. The van der Waals surface area contributed by atoms with Crippen molar-refractivity contribution in [3.63, 3.8) is 0 Å². The number of anilines is 1. The smallest absolute Gasteiger partial charge is 0.328 e. The third-order valence-corrected chi connectivity index (χ3v) is 4.34. The number of piperazine rings is 1. The quantitative estimate of drug-likeness (QED) is 0.851. The zero-order valence-corrected chi connectivity index (χ0v) is 15.1. The Bertz CT molecular complexity index is 806. The SMILES string of the molecule is CC(C)C#CCNC(=O)n1cnc2c(N3CCN(C)CC3)cccc21. The van der Waals surface area contributed by atoms with E-state index in [0.29, 0.717) is 12.5 Å². The molecule has 0 unspecified atom stereocenters. The molecular formula is C19H25N5O. The molecule has 6 nitrogen and oxygen atoms in total. The van der Waals surface area contributed by atoms with Gasteiger partial charge in [-0.25, -0.2) is 9.78 Å². The van der Waals surface area contributed by atoms with Crippen molar-refractivity contribution in [2.75, 3.05) is 44.7 Å². The fourth-order valence-corrected chi connectivity index (χ4v) is 2.95. The van der Waals surface area contributed by atoms with Gasteiger partial charge in [0.2, 0.25) is 0 Å². The number of hydrogen-bond donors (Lipinski definition) is 1. The lowest BCUT2D eigenvalue weighted by Gasteiger charge is -2.34. The highest BCUT2D eigenvalue weighted by atomic mass is 16.2. The van der Waals surface area contributed by atoms with E-state index in [9.17, 15) is 4.79 Å². The number of nitrogens with one attached hydrogen (secondary N) is 1. The molecule has 6 heteroatoms. The molecule has 2 aromatic rings. The summed E-state index contributed by atoms with van der Waals surface area (Å²) in [5.41, 5.74) is 2.79. The van der Waals surface area contributed by atoms with Gasteiger partial charge in [-0.2, -0.15) is 0 Å². The van der Waals surface area contributed by atoms with E-state index in [1.54, 1.807) is 10.9 Å². The van der Waals surface area contributed by atoms with E-state index in [2.05, 4.69) is 45.1 Å². The molecule has 0 aliphatic carbocycles. The Hall–Kier alpha value is -2.52. The molecule has 1 aromatic heterocycles. The molecule has 3 rings (SSSR count). The Balaban J connectivity index is 1.79. The highest BCUT2D eigenvalue weighted by Gasteiger charge is 2.19. The molecule has 0 atom stereocenters. The van der Waals surface area contributed by atoms with E-state index in [4.69, 9.17) is 0 Å². The number of hydrogen-bond acceptors (Lipinski definition) is 4. The van der Waals surface area contributed by atoms with Crippen molar-refractivity contribution >= 4 is 22.8 Å². The van der Waals surface area contributed by atoms with Crippen LogP contribution in [0, 0.1) is 17.8 Å². The number of imidazole rings is 1. The van der Waals surface area contributed by atoms with Crippen LogP contribution in [-0.2, 0) is 0 Å². The van der Waals surface area contributed by atoms with Crippen molar-refractivity contribution in [3.05, 3.63) is 24.5 Å². The predicted molar refractivity (Wildman–Crippen MR) is 101 cm³/mol. The van der Waals surface area contributed by atoms with E-state index >= 15 is 0 Å². The third-order valence-electron chi connectivity index (χ3n) is 4.34. The molecular weight excluding hydrogens is 314 g/mol. The van der Waals surface area contributed by atoms with Gasteiger partial charge in [0.05, 0.1) is 17.7 Å². The first kappa shape index (κ1) is 17.3. The number of para-hydroxylation sites is 1. The molecule has 1 amide bonds. The fraction of sp³-hybridized carbons (Fsp3) is 0.474. The maximum Gasteiger partial charge on any atom is 0.328 e. The van der Waals surface area contributed by atoms with Gasteiger partial charge in [-0.3, -0.25) is 4.57 Å². The molecule has 1 aromatic carbocycles. The molecule has 1 N–H and O–H groups in total. The number of fused-ring (bicyclic) bond motifs is 1. The lowest BCUT2D eigenvalue weighted by atomic mass is 10.2. The van der Waals surface area contributed by atoms with Gasteiger partial charge >= 0.3 is 6.03 Å². The lowest BCUT2D eigenvalue weighted by Crippen LogP contribution is -2.44. The van der Waals surface area contributed by atoms with Crippen LogP contribution in [0.5, 0.6) is 0 Å². The van der Waals surface area contributed by atoms with E-state index in [1.165, 1.54) is 0 Å². The number of carbonyl (C=O) groups excluding carboxylic acids is 1. The van der Waals surface area contributed by atoms with Crippen molar-refractivity contribution in [2.24, 2.45) is 5.92 Å². The number of amides is 1. The van der Waals surface area contributed by atoms with Crippen molar-refractivity contribution in [2.45, 2.75) is 13.8 Å². The summed E-state index contributed by atoms with van der Waals surface area (Å²) < 4.78 is 1.56. The number of likely N-dealkylation sites (N-methyl/N-ethyl adjacent to an activating group) is 1. The van der Waals surface area contributed by atoms with Crippen LogP contribution in [0.1, 0.15) is 13.8 Å². The first-order valence-electron chi connectivity index (χ1n) is 8.72. The van der Waals surface area contributed by atoms with Crippen molar-refractivity contribution in [1.82, 2.24) is 19.8 Å². The molecule has 1 aliphatic rings. The Labute approximate surface area is 148 Å². The number of benzene rings is 1. The van der Waals surface area contributed by atoms with Gasteiger partial charge < -0.3 is 15.1 Å². The molecule has 1 saturated heterocycles. The highest BCUT2D eigenvalue weighted by molar-refractivity contribution is 5.95. The van der Waals surface area contributed by atoms with Gasteiger partial charge in [0.15, 0.2) is 0 Å². The zero-order chi connectivity index (χ0) is 17.8. The van der Waals surface area contributed by atoms with E-state index in [1.807, 2.05) is 26.0 Å². The van der Waals surface area contributed by atoms with Crippen molar-refractivity contribution in [1.29, 1.82) is 0 Å². The largest absolute Gasteiger partial charge is 0.367 e. The van der Waals surface area contributed by atoms with Crippen LogP contribution in [0.2, 0.25) is 0 Å². The standard InChI is InChI=1S/C19H25N5O/c1-15(2)6-5-9-20-19(25)24-14-21-18-16(7-4-8-17(18)24)23-12-10-22(3)11-13-23/h4,7-8,14-15H,9-13H2,1-3H3,(H,20,25). The fourth-order valence-electron chi connectivity index (χ4n) is 2.95. The number of aromatic nitrogens is 2. The van der Waals surface area contributed by atoms with Crippen molar-refractivity contribution in [3.8, 4) is 11.8 Å². The van der Waals surface area contributed by atoms with Gasteiger partial charge in [-0.1, -0.05) is 31.8 Å². The van der Waals surface area contributed by atoms with Crippen LogP contribution < -0.4 is 10.2 Å². The van der Waals surface area contributed by atoms with Crippen molar-refractivity contribution < 1.29 is 4.79 Å². The molecule has 0 radical (unpaired) electrons. The monoisotopic (exact) mass is 339 g/mol. The number of carbonyl (C=O) groups is 1. The first-order chi connectivity index (χ1) is 12.1. The summed E-state index contributed by atoms with van der Waals surface area (Å²) in [4.78, 5) is 21.6. The number of rotatable bonds is 2. The van der Waals surface area contributed by atoms with Crippen LogP contribution >= 0.6 is 0 Å². The molecule has 0 spiro atoms. The lowest BCUT2D eigenvalue weighted by molar-refractivity contribution is 0.244.